The van der Waals surface area contributed by atoms with Crippen molar-refractivity contribution in [3.8, 4) is 0 Å². The maximum atomic E-state index is 4.49. The first kappa shape index (κ1) is 12.9. The normalized spacial score (nSPS) is 21.8. The molecule has 104 valence electrons. The number of rotatable bonds is 4. The van der Waals surface area contributed by atoms with E-state index in [1.807, 2.05) is 11.3 Å². The smallest absolute Gasteiger partial charge is 0.191 e. The molecule has 5 heteroatoms. The van der Waals surface area contributed by atoms with Gasteiger partial charge in [-0.25, -0.2) is 0 Å². The summed E-state index contributed by atoms with van der Waals surface area (Å²) in [5, 5.41) is 9.00. The molecule has 0 radical (unpaired) electrons. The van der Waals surface area contributed by atoms with Crippen LogP contribution in [0.5, 0.6) is 0 Å². The largest absolute Gasteiger partial charge is 0.356 e. The maximum Gasteiger partial charge on any atom is 0.191 e. The van der Waals surface area contributed by atoms with Crippen LogP contribution in [0.15, 0.2) is 22.5 Å². The molecule has 2 aliphatic heterocycles. The molecular weight excluding hydrogens is 256 g/mol. The molecule has 1 unspecified atom stereocenters. The molecule has 2 aliphatic rings. The minimum atomic E-state index is 0.494. The number of guanidine groups is 1. The lowest BCUT2D eigenvalue weighted by atomic mass is 10.2. The summed E-state index contributed by atoms with van der Waals surface area (Å²) in [4.78, 5) is 8.55. The number of likely N-dealkylation sites (tertiary alicyclic amines) is 1. The lowest BCUT2D eigenvalue weighted by Gasteiger charge is -2.28. The van der Waals surface area contributed by atoms with Crippen molar-refractivity contribution in [2.45, 2.75) is 25.3 Å². The first-order chi connectivity index (χ1) is 9.43. The van der Waals surface area contributed by atoms with E-state index >= 15 is 0 Å². The van der Waals surface area contributed by atoms with Crippen molar-refractivity contribution < 1.29 is 0 Å². The van der Waals surface area contributed by atoms with Crippen molar-refractivity contribution in [3.05, 3.63) is 22.4 Å². The Labute approximate surface area is 118 Å². The van der Waals surface area contributed by atoms with Gasteiger partial charge >= 0.3 is 0 Å². The molecule has 1 saturated heterocycles. The van der Waals surface area contributed by atoms with Gasteiger partial charge in [0.05, 0.1) is 6.04 Å². The zero-order valence-electron chi connectivity index (χ0n) is 11.3. The Morgan fingerprint density at radius 3 is 2.95 bits per heavy atom. The van der Waals surface area contributed by atoms with Crippen LogP contribution < -0.4 is 10.6 Å². The Morgan fingerprint density at radius 1 is 1.37 bits per heavy atom. The number of nitrogens with zero attached hydrogens (tertiary/aromatic N) is 2. The fourth-order valence-electron chi connectivity index (χ4n) is 2.79. The van der Waals surface area contributed by atoms with Gasteiger partial charge in [0.25, 0.3) is 0 Å². The third kappa shape index (κ3) is 3.28. The van der Waals surface area contributed by atoms with Gasteiger partial charge in [-0.2, -0.15) is 0 Å². The van der Waals surface area contributed by atoms with E-state index in [1.165, 1.54) is 30.8 Å². The highest BCUT2D eigenvalue weighted by Crippen LogP contribution is 2.27. The second kappa shape index (κ2) is 6.39. The Bertz CT molecular complexity index is 409. The summed E-state index contributed by atoms with van der Waals surface area (Å²) < 4.78 is 0. The molecule has 19 heavy (non-hydrogen) atoms. The second-order valence-electron chi connectivity index (χ2n) is 5.17. The molecule has 0 saturated carbocycles. The van der Waals surface area contributed by atoms with E-state index in [0.717, 1.165) is 32.0 Å². The molecule has 3 rings (SSSR count). The van der Waals surface area contributed by atoms with Gasteiger partial charge < -0.3 is 10.6 Å². The van der Waals surface area contributed by atoms with Crippen molar-refractivity contribution in [2.75, 3.05) is 32.7 Å². The van der Waals surface area contributed by atoms with E-state index < -0.39 is 0 Å². The quantitative estimate of drug-likeness (QED) is 0.882. The van der Waals surface area contributed by atoms with Crippen LogP contribution in [0, 0.1) is 0 Å². The molecule has 1 aromatic heterocycles. The van der Waals surface area contributed by atoms with Crippen LogP contribution in [-0.2, 0) is 0 Å². The third-order valence-corrected chi connectivity index (χ3v) is 4.79. The van der Waals surface area contributed by atoms with Crippen molar-refractivity contribution in [1.82, 2.24) is 15.5 Å². The molecule has 0 amide bonds. The molecule has 0 bridgehead atoms. The number of aliphatic imine (C=N–C) groups is 1. The summed E-state index contributed by atoms with van der Waals surface area (Å²) in [6.07, 6.45) is 3.81. The molecule has 0 aliphatic carbocycles. The van der Waals surface area contributed by atoms with Gasteiger partial charge in [-0.05, 0) is 43.8 Å². The molecule has 3 heterocycles. The number of hydrogen-bond donors (Lipinski definition) is 2. The van der Waals surface area contributed by atoms with E-state index in [9.17, 15) is 0 Å². The van der Waals surface area contributed by atoms with Crippen LogP contribution in [-0.4, -0.2) is 43.6 Å². The van der Waals surface area contributed by atoms with E-state index in [2.05, 4.69) is 38.0 Å². The van der Waals surface area contributed by atoms with Gasteiger partial charge in [0.15, 0.2) is 5.96 Å². The Balaban J connectivity index is 1.63. The molecule has 0 spiro atoms. The molecule has 2 N–H and O–H groups in total. The molecule has 4 nitrogen and oxygen atoms in total. The third-order valence-electron chi connectivity index (χ3n) is 3.81. The number of nitrogens with one attached hydrogen (secondary N) is 2. The lowest BCUT2D eigenvalue weighted by Crippen LogP contribution is -2.44. The minimum absolute atomic E-state index is 0.494. The highest BCUT2D eigenvalue weighted by molar-refractivity contribution is 7.10. The topological polar surface area (TPSA) is 39.7 Å². The Hall–Kier alpha value is -1.07. The zero-order chi connectivity index (χ0) is 12.9. The van der Waals surface area contributed by atoms with Crippen LogP contribution in [0.25, 0.3) is 0 Å². The molecule has 1 aromatic rings. The van der Waals surface area contributed by atoms with Crippen molar-refractivity contribution in [1.29, 1.82) is 0 Å². The summed E-state index contributed by atoms with van der Waals surface area (Å²) in [5.74, 6) is 0.979. The second-order valence-corrected chi connectivity index (χ2v) is 6.15. The van der Waals surface area contributed by atoms with Crippen molar-refractivity contribution in [2.24, 2.45) is 4.99 Å². The highest BCUT2D eigenvalue weighted by Gasteiger charge is 2.24. The number of hydrogen-bond acceptors (Lipinski definition) is 5. The summed E-state index contributed by atoms with van der Waals surface area (Å²) >= 11 is 1.86. The monoisotopic (exact) mass is 278 g/mol. The van der Waals surface area contributed by atoms with Crippen LogP contribution in [0.2, 0.25) is 0 Å². The van der Waals surface area contributed by atoms with Gasteiger partial charge in [-0.15, -0.1) is 11.3 Å². The zero-order valence-corrected chi connectivity index (χ0v) is 12.1. The first-order valence-electron chi connectivity index (χ1n) is 7.23. The maximum absolute atomic E-state index is 4.49. The fourth-order valence-corrected chi connectivity index (χ4v) is 3.65. The lowest BCUT2D eigenvalue weighted by molar-refractivity contribution is 0.249. The first-order valence-corrected chi connectivity index (χ1v) is 8.11. The molecule has 0 aromatic carbocycles. The molecule has 1 fully saturated rings. The van der Waals surface area contributed by atoms with Gasteiger partial charge in [-0.1, -0.05) is 6.07 Å². The Morgan fingerprint density at radius 2 is 2.26 bits per heavy atom. The van der Waals surface area contributed by atoms with E-state index in [4.69, 9.17) is 0 Å². The van der Waals surface area contributed by atoms with Gasteiger partial charge in [0, 0.05) is 24.5 Å². The van der Waals surface area contributed by atoms with Gasteiger partial charge in [0.1, 0.15) is 0 Å². The molecule has 1 atom stereocenters. The van der Waals surface area contributed by atoms with Crippen LogP contribution in [0.1, 0.15) is 30.2 Å². The SMILES string of the molecule is c1csc(C(CNC2=NCCCN2)N2CCCC2)c1. The predicted octanol–water partition coefficient (Wildman–Crippen LogP) is 1.82. The van der Waals surface area contributed by atoms with Gasteiger partial charge in [-0.3, -0.25) is 9.89 Å². The fraction of sp³-hybridized carbons (Fsp3) is 0.643. The van der Waals surface area contributed by atoms with E-state index in [0.29, 0.717) is 6.04 Å². The summed E-state index contributed by atoms with van der Waals surface area (Å²) in [7, 11) is 0. The van der Waals surface area contributed by atoms with Crippen LogP contribution in [0.3, 0.4) is 0 Å². The van der Waals surface area contributed by atoms with Gasteiger partial charge in [0.2, 0.25) is 0 Å². The van der Waals surface area contributed by atoms with E-state index in [-0.39, 0.29) is 0 Å². The average molecular weight is 278 g/mol. The standard InChI is InChI=1S/C14H22N4S/c1-2-9-18(8-1)12(13-5-3-10-19-13)11-17-14-15-6-4-7-16-14/h3,5,10,12H,1-2,4,6-9,11H2,(H2,15,16,17). The average Bonchev–Trinajstić information content (AvgIpc) is 3.13. The van der Waals surface area contributed by atoms with Crippen LogP contribution in [0.4, 0.5) is 0 Å². The predicted molar refractivity (Wildman–Crippen MR) is 80.8 cm³/mol. The summed E-state index contributed by atoms with van der Waals surface area (Å²) in [6, 6.07) is 4.90. The highest BCUT2D eigenvalue weighted by atomic mass is 32.1. The molecular formula is C14H22N4S. The van der Waals surface area contributed by atoms with E-state index in [1.54, 1.807) is 0 Å². The van der Waals surface area contributed by atoms with Crippen molar-refractivity contribution >= 4 is 17.3 Å². The van der Waals surface area contributed by atoms with Crippen molar-refractivity contribution in [3.63, 3.8) is 0 Å². The summed E-state index contributed by atoms with van der Waals surface area (Å²) in [6.45, 7) is 5.39. The Kier molecular flexibility index (Phi) is 4.35. The minimum Gasteiger partial charge on any atom is -0.356 e. The number of thiophene rings is 1. The van der Waals surface area contributed by atoms with Crippen LogP contribution >= 0.6 is 11.3 Å². The summed E-state index contributed by atoms with van der Waals surface area (Å²) in [5.41, 5.74) is 0.